The van der Waals surface area contributed by atoms with Crippen molar-refractivity contribution in [2.75, 3.05) is 0 Å². The number of hydrogen-bond acceptors (Lipinski definition) is 1. The minimum Gasteiger partial charge on any atom is -0.303 e. The van der Waals surface area contributed by atoms with E-state index >= 15 is 0 Å². The van der Waals surface area contributed by atoms with Crippen LogP contribution < -0.4 is 5.32 Å². The molecule has 0 saturated heterocycles. The molecule has 2 rings (SSSR count). The van der Waals surface area contributed by atoms with Crippen molar-refractivity contribution < 1.29 is 0 Å². The SMILES string of the molecule is CCC(N[C@@H](C)c1ccccc1Br)c1cccc(Cl)c1. The van der Waals surface area contributed by atoms with E-state index < -0.39 is 0 Å². The fourth-order valence-corrected chi connectivity index (χ4v) is 3.22. The maximum Gasteiger partial charge on any atom is 0.0409 e. The molecule has 106 valence electrons. The lowest BCUT2D eigenvalue weighted by molar-refractivity contribution is 0.455. The second-order valence-corrected chi connectivity index (χ2v) is 6.22. The minimum atomic E-state index is 0.273. The molecule has 2 aromatic rings. The fourth-order valence-electron chi connectivity index (χ4n) is 2.39. The van der Waals surface area contributed by atoms with Gasteiger partial charge in [-0.25, -0.2) is 0 Å². The maximum absolute atomic E-state index is 6.09. The van der Waals surface area contributed by atoms with Crippen LogP contribution in [0.1, 0.15) is 43.5 Å². The van der Waals surface area contributed by atoms with E-state index in [0.29, 0.717) is 6.04 Å². The predicted molar refractivity (Wildman–Crippen MR) is 90.2 cm³/mol. The van der Waals surface area contributed by atoms with Crippen molar-refractivity contribution >= 4 is 27.5 Å². The molecule has 1 unspecified atom stereocenters. The topological polar surface area (TPSA) is 12.0 Å². The first-order chi connectivity index (χ1) is 9.61. The lowest BCUT2D eigenvalue weighted by Gasteiger charge is -2.24. The molecular weight excluding hydrogens is 334 g/mol. The highest BCUT2D eigenvalue weighted by Gasteiger charge is 2.15. The van der Waals surface area contributed by atoms with Gasteiger partial charge in [-0.3, -0.25) is 0 Å². The van der Waals surface area contributed by atoms with Gasteiger partial charge in [-0.2, -0.15) is 0 Å². The number of benzene rings is 2. The van der Waals surface area contributed by atoms with Crippen LogP contribution in [0.2, 0.25) is 5.02 Å². The van der Waals surface area contributed by atoms with Gasteiger partial charge in [0.1, 0.15) is 0 Å². The number of hydrogen-bond donors (Lipinski definition) is 1. The molecule has 0 amide bonds. The zero-order valence-corrected chi connectivity index (χ0v) is 14.1. The summed E-state index contributed by atoms with van der Waals surface area (Å²) in [5, 5.41) is 4.47. The highest BCUT2D eigenvalue weighted by atomic mass is 79.9. The zero-order valence-electron chi connectivity index (χ0n) is 11.7. The van der Waals surface area contributed by atoms with Crippen molar-refractivity contribution in [2.24, 2.45) is 0 Å². The summed E-state index contributed by atoms with van der Waals surface area (Å²) in [5.74, 6) is 0. The molecule has 0 aliphatic rings. The highest BCUT2D eigenvalue weighted by Crippen LogP contribution is 2.27. The van der Waals surface area contributed by atoms with Crippen molar-refractivity contribution in [3.63, 3.8) is 0 Å². The van der Waals surface area contributed by atoms with Crippen LogP contribution in [0.3, 0.4) is 0 Å². The highest BCUT2D eigenvalue weighted by molar-refractivity contribution is 9.10. The normalized spacial score (nSPS) is 14.0. The summed E-state index contributed by atoms with van der Waals surface area (Å²) in [4.78, 5) is 0. The fraction of sp³-hybridized carbons (Fsp3) is 0.294. The van der Waals surface area contributed by atoms with Crippen molar-refractivity contribution in [3.05, 3.63) is 69.2 Å². The number of nitrogens with one attached hydrogen (secondary N) is 1. The Morgan fingerprint density at radius 2 is 1.90 bits per heavy atom. The Kier molecular flexibility index (Phi) is 5.64. The Hall–Kier alpha value is -0.830. The lowest BCUT2D eigenvalue weighted by Crippen LogP contribution is -2.24. The molecule has 2 atom stereocenters. The van der Waals surface area contributed by atoms with Crippen LogP contribution in [0.25, 0.3) is 0 Å². The van der Waals surface area contributed by atoms with E-state index in [4.69, 9.17) is 11.6 Å². The molecule has 0 saturated carbocycles. The maximum atomic E-state index is 6.09. The van der Waals surface area contributed by atoms with Gasteiger partial charge in [0.25, 0.3) is 0 Å². The molecule has 0 aliphatic carbocycles. The quantitative estimate of drug-likeness (QED) is 0.706. The Balaban J connectivity index is 2.16. The van der Waals surface area contributed by atoms with Crippen LogP contribution in [0, 0.1) is 0 Å². The van der Waals surface area contributed by atoms with E-state index in [-0.39, 0.29) is 6.04 Å². The molecular formula is C17H19BrClN. The third-order valence-corrected chi connectivity index (χ3v) is 4.44. The molecule has 1 nitrogen and oxygen atoms in total. The van der Waals surface area contributed by atoms with Gasteiger partial charge in [0, 0.05) is 21.6 Å². The van der Waals surface area contributed by atoms with Gasteiger partial charge in [0.2, 0.25) is 0 Å². The third-order valence-electron chi connectivity index (χ3n) is 3.48. The van der Waals surface area contributed by atoms with Crippen LogP contribution in [-0.4, -0.2) is 0 Å². The van der Waals surface area contributed by atoms with Gasteiger partial charge in [0.05, 0.1) is 0 Å². The second kappa shape index (κ2) is 7.26. The number of halogens is 2. The van der Waals surface area contributed by atoms with E-state index in [1.54, 1.807) is 0 Å². The van der Waals surface area contributed by atoms with E-state index in [1.807, 2.05) is 24.3 Å². The summed E-state index contributed by atoms with van der Waals surface area (Å²) in [7, 11) is 0. The molecule has 0 aromatic heterocycles. The average Bonchev–Trinajstić information content (AvgIpc) is 2.45. The molecule has 0 fully saturated rings. The van der Waals surface area contributed by atoms with Crippen LogP contribution in [0.4, 0.5) is 0 Å². The summed E-state index contributed by atoms with van der Waals surface area (Å²) in [6, 6.07) is 17.0. The van der Waals surface area contributed by atoms with Gasteiger partial charge in [-0.15, -0.1) is 0 Å². The number of rotatable bonds is 5. The molecule has 0 radical (unpaired) electrons. The summed E-state index contributed by atoms with van der Waals surface area (Å²) in [6.45, 7) is 4.37. The molecule has 0 spiro atoms. The minimum absolute atomic E-state index is 0.273. The molecule has 2 aromatic carbocycles. The monoisotopic (exact) mass is 351 g/mol. The largest absolute Gasteiger partial charge is 0.303 e. The average molecular weight is 353 g/mol. The molecule has 20 heavy (non-hydrogen) atoms. The molecule has 1 N–H and O–H groups in total. The zero-order chi connectivity index (χ0) is 14.5. The Morgan fingerprint density at radius 3 is 2.55 bits per heavy atom. The lowest BCUT2D eigenvalue weighted by atomic mass is 10.0. The van der Waals surface area contributed by atoms with E-state index in [1.165, 1.54) is 11.1 Å². The smallest absolute Gasteiger partial charge is 0.0409 e. The van der Waals surface area contributed by atoms with Crippen molar-refractivity contribution in [3.8, 4) is 0 Å². The molecule has 0 bridgehead atoms. The van der Waals surface area contributed by atoms with Crippen molar-refractivity contribution in [1.29, 1.82) is 0 Å². The summed E-state index contributed by atoms with van der Waals surface area (Å²) >= 11 is 9.70. The second-order valence-electron chi connectivity index (χ2n) is 4.93. The van der Waals surface area contributed by atoms with E-state index in [9.17, 15) is 0 Å². The van der Waals surface area contributed by atoms with Gasteiger partial charge in [-0.1, -0.05) is 64.8 Å². The van der Waals surface area contributed by atoms with Gasteiger partial charge < -0.3 is 5.32 Å². The summed E-state index contributed by atoms with van der Waals surface area (Å²) < 4.78 is 1.14. The Labute approximate surface area is 134 Å². The summed E-state index contributed by atoms with van der Waals surface area (Å²) in [6.07, 6.45) is 1.02. The predicted octanol–water partition coefficient (Wildman–Crippen LogP) is 5.90. The summed E-state index contributed by atoms with van der Waals surface area (Å²) in [5.41, 5.74) is 2.51. The van der Waals surface area contributed by atoms with Gasteiger partial charge in [-0.05, 0) is 42.7 Å². The van der Waals surface area contributed by atoms with Crippen LogP contribution in [0.15, 0.2) is 53.0 Å². The van der Waals surface area contributed by atoms with E-state index in [2.05, 4.69) is 59.4 Å². The molecule has 0 aliphatic heterocycles. The van der Waals surface area contributed by atoms with E-state index in [0.717, 1.165) is 15.9 Å². The Bertz CT molecular complexity index is 570. The standard InChI is InChI=1S/C17H19BrClN/c1-3-17(13-7-6-8-14(19)11-13)20-12(2)15-9-4-5-10-16(15)18/h4-12,17,20H,3H2,1-2H3/t12-,17?/m0/s1. The third kappa shape index (κ3) is 3.85. The van der Waals surface area contributed by atoms with Crippen LogP contribution in [-0.2, 0) is 0 Å². The molecule has 3 heteroatoms. The Morgan fingerprint density at radius 1 is 1.15 bits per heavy atom. The molecule has 0 heterocycles. The van der Waals surface area contributed by atoms with Gasteiger partial charge in [0.15, 0.2) is 0 Å². The van der Waals surface area contributed by atoms with Gasteiger partial charge >= 0.3 is 0 Å². The first kappa shape index (κ1) is 15.6. The van der Waals surface area contributed by atoms with Crippen molar-refractivity contribution in [1.82, 2.24) is 5.32 Å². The van der Waals surface area contributed by atoms with Crippen LogP contribution >= 0.6 is 27.5 Å². The first-order valence-electron chi connectivity index (χ1n) is 6.87. The first-order valence-corrected chi connectivity index (χ1v) is 8.05. The van der Waals surface area contributed by atoms with Crippen LogP contribution in [0.5, 0.6) is 0 Å². The van der Waals surface area contributed by atoms with Crippen molar-refractivity contribution in [2.45, 2.75) is 32.4 Å².